The van der Waals surface area contributed by atoms with Crippen molar-refractivity contribution >= 4 is 11.9 Å². The molecule has 0 saturated carbocycles. The molecular formula is C25H36O7. The van der Waals surface area contributed by atoms with Crippen LogP contribution < -0.4 is 4.74 Å². The maximum absolute atomic E-state index is 12.0. The first-order valence-corrected chi connectivity index (χ1v) is 11.8. The number of ether oxygens (including phenoxy) is 3. The molecule has 7 nitrogen and oxygen atoms in total. The van der Waals surface area contributed by atoms with Gasteiger partial charge in [0.05, 0.1) is 25.4 Å². The van der Waals surface area contributed by atoms with Gasteiger partial charge in [0.25, 0.3) is 0 Å². The molecule has 178 valence electrons. The summed E-state index contributed by atoms with van der Waals surface area (Å²) in [6.45, 7) is 4.85. The molecule has 0 spiro atoms. The zero-order valence-corrected chi connectivity index (χ0v) is 19.1. The summed E-state index contributed by atoms with van der Waals surface area (Å²) in [5.41, 5.74) is 2.39. The number of hydrogen-bond donors (Lipinski definition) is 2. The highest BCUT2D eigenvalue weighted by Crippen LogP contribution is 2.42. The van der Waals surface area contributed by atoms with Crippen LogP contribution in [0.1, 0.15) is 57.1 Å². The quantitative estimate of drug-likeness (QED) is 0.373. The van der Waals surface area contributed by atoms with Gasteiger partial charge < -0.3 is 24.4 Å². The van der Waals surface area contributed by atoms with Crippen molar-refractivity contribution in [2.75, 3.05) is 19.8 Å². The number of rotatable bonds is 12. The molecule has 4 unspecified atom stereocenters. The molecule has 0 radical (unpaired) electrons. The molecule has 0 aromatic heterocycles. The minimum Gasteiger partial charge on any atom is -0.482 e. The van der Waals surface area contributed by atoms with Gasteiger partial charge in [-0.1, -0.05) is 26.0 Å². The van der Waals surface area contributed by atoms with Crippen LogP contribution in [0.25, 0.3) is 0 Å². The Labute approximate surface area is 190 Å². The summed E-state index contributed by atoms with van der Waals surface area (Å²) >= 11 is 0. The van der Waals surface area contributed by atoms with Gasteiger partial charge in [0.1, 0.15) is 5.75 Å². The molecule has 0 amide bonds. The minimum absolute atomic E-state index is 0.0786. The van der Waals surface area contributed by atoms with Crippen LogP contribution >= 0.6 is 0 Å². The van der Waals surface area contributed by atoms with Crippen LogP contribution in [-0.2, 0) is 31.9 Å². The third-order valence-corrected chi connectivity index (χ3v) is 6.67. The van der Waals surface area contributed by atoms with E-state index >= 15 is 0 Å². The first-order chi connectivity index (χ1) is 15.3. The molecule has 2 N–H and O–H groups in total. The van der Waals surface area contributed by atoms with E-state index in [1.54, 1.807) is 0 Å². The smallest absolute Gasteiger partial charge is 0.344 e. The van der Waals surface area contributed by atoms with Gasteiger partial charge >= 0.3 is 11.9 Å². The van der Waals surface area contributed by atoms with Crippen LogP contribution in [0, 0.1) is 17.8 Å². The monoisotopic (exact) mass is 448 g/mol. The van der Waals surface area contributed by atoms with E-state index in [9.17, 15) is 14.7 Å². The zero-order valence-electron chi connectivity index (χ0n) is 19.1. The lowest BCUT2D eigenvalue weighted by molar-refractivity contribution is -0.146. The van der Waals surface area contributed by atoms with Gasteiger partial charge in [-0.2, -0.15) is 0 Å². The van der Waals surface area contributed by atoms with Gasteiger partial charge in [-0.3, -0.25) is 4.79 Å². The molecule has 1 aromatic carbocycles. The first-order valence-electron chi connectivity index (χ1n) is 11.8. The fourth-order valence-electron chi connectivity index (χ4n) is 4.70. The number of fused-ring (bicyclic) bond motifs is 2. The molecule has 1 aliphatic heterocycles. The first kappa shape index (κ1) is 24.5. The van der Waals surface area contributed by atoms with E-state index in [0.717, 1.165) is 43.6 Å². The predicted octanol–water partition coefficient (Wildman–Crippen LogP) is 3.39. The summed E-state index contributed by atoms with van der Waals surface area (Å²) in [4.78, 5) is 22.5. The van der Waals surface area contributed by atoms with E-state index in [1.807, 2.05) is 26.0 Å². The van der Waals surface area contributed by atoms with Gasteiger partial charge in [0, 0.05) is 6.42 Å². The Balaban J connectivity index is 1.50. The van der Waals surface area contributed by atoms with Crippen molar-refractivity contribution in [3.8, 4) is 5.75 Å². The van der Waals surface area contributed by atoms with Crippen LogP contribution in [0.2, 0.25) is 0 Å². The van der Waals surface area contributed by atoms with Gasteiger partial charge in [-0.05, 0) is 73.5 Å². The standard InChI is InChI=1S/C25H36O7/c1-16(2)21(26)9-10-23-20-12-17-6-5-7-22(19(17)13-18(20)14-31-23)32-15-25(29)30-11-4-3-8-24(27)28/h5-7,16,18,20-21,23,26H,3-4,8-15H2,1-2H3,(H,27,28). The number of aliphatic hydroxyl groups is 1. The molecule has 1 aliphatic carbocycles. The van der Waals surface area contributed by atoms with Crippen molar-refractivity contribution in [3.05, 3.63) is 29.3 Å². The Kier molecular flexibility index (Phi) is 8.93. The molecule has 1 saturated heterocycles. The van der Waals surface area contributed by atoms with E-state index in [1.165, 1.54) is 5.56 Å². The Morgan fingerprint density at radius 2 is 2.03 bits per heavy atom. The maximum Gasteiger partial charge on any atom is 0.344 e. The van der Waals surface area contributed by atoms with E-state index < -0.39 is 11.9 Å². The fraction of sp³-hybridized carbons (Fsp3) is 0.680. The van der Waals surface area contributed by atoms with Crippen LogP contribution in [0.4, 0.5) is 0 Å². The highest BCUT2D eigenvalue weighted by molar-refractivity contribution is 5.71. The van der Waals surface area contributed by atoms with Gasteiger partial charge in [-0.15, -0.1) is 0 Å². The van der Waals surface area contributed by atoms with Crippen LogP contribution in [0.3, 0.4) is 0 Å². The van der Waals surface area contributed by atoms with Crippen molar-refractivity contribution in [2.45, 2.75) is 71.0 Å². The van der Waals surface area contributed by atoms with E-state index in [-0.39, 0.29) is 37.8 Å². The SMILES string of the molecule is CC(C)C(O)CCC1OCC2Cc3c(cccc3OCC(=O)OCCCCC(=O)O)CC21. The summed E-state index contributed by atoms with van der Waals surface area (Å²) in [7, 11) is 0. The van der Waals surface area contributed by atoms with Crippen LogP contribution in [0.15, 0.2) is 18.2 Å². The van der Waals surface area contributed by atoms with Crippen LogP contribution in [-0.4, -0.2) is 54.2 Å². The maximum atomic E-state index is 12.0. The van der Waals surface area contributed by atoms with E-state index in [0.29, 0.717) is 24.7 Å². The largest absolute Gasteiger partial charge is 0.482 e. The average molecular weight is 449 g/mol. The van der Waals surface area contributed by atoms with E-state index in [4.69, 9.17) is 19.3 Å². The second-order valence-corrected chi connectivity index (χ2v) is 9.35. The molecule has 1 fully saturated rings. The number of carboxylic acids is 1. The summed E-state index contributed by atoms with van der Waals surface area (Å²) in [5.74, 6) is 0.572. The third kappa shape index (κ3) is 6.69. The molecule has 0 bridgehead atoms. The lowest BCUT2D eigenvalue weighted by atomic mass is 9.74. The number of carbonyl (C=O) groups excluding carboxylic acids is 1. The Morgan fingerprint density at radius 3 is 2.78 bits per heavy atom. The number of aliphatic hydroxyl groups excluding tert-OH is 1. The molecule has 1 heterocycles. The normalized spacial score (nSPS) is 22.8. The highest BCUT2D eigenvalue weighted by Gasteiger charge is 2.41. The predicted molar refractivity (Wildman–Crippen MR) is 119 cm³/mol. The molecule has 2 aliphatic rings. The Morgan fingerprint density at radius 1 is 1.22 bits per heavy atom. The molecule has 3 rings (SSSR count). The van der Waals surface area contributed by atoms with Gasteiger partial charge in [0.15, 0.2) is 6.61 Å². The highest BCUT2D eigenvalue weighted by atomic mass is 16.6. The second kappa shape index (κ2) is 11.7. The number of unbranched alkanes of at least 4 members (excludes halogenated alkanes) is 1. The van der Waals surface area contributed by atoms with Crippen molar-refractivity contribution in [1.29, 1.82) is 0 Å². The number of aliphatic carboxylic acids is 1. The van der Waals surface area contributed by atoms with E-state index in [2.05, 4.69) is 6.07 Å². The lowest BCUT2D eigenvalue weighted by Gasteiger charge is -2.31. The molecular weight excluding hydrogens is 412 g/mol. The average Bonchev–Trinajstić information content (AvgIpc) is 3.15. The van der Waals surface area contributed by atoms with Gasteiger partial charge in [-0.25, -0.2) is 4.79 Å². The third-order valence-electron chi connectivity index (χ3n) is 6.67. The van der Waals surface area contributed by atoms with Crippen molar-refractivity contribution in [3.63, 3.8) is 0 Å². The summed E-state index contributed by atoms with van der Waals surface area (Å²) in [5, 5.41) is 18.8. The molecule has 32 heavy (non-hydrogen) atoms. The summed E-state index contributed by atoms with van der Waals surface area (Å²) in [6, 6.07) is 5.97. The summed E-state index contributed by atoms with van der Waals surface area (Å²) < 4.78 is 17.1. The molecule has 7 heteroatoms. The topological polar surface area (TPSA) is 102 Å². The molecule has 4 atom stereocenters. The fourth-order valence-corrected chi connectivity index (χ4v) is 4.70. The summed E-state index contributed by atoms with van der Waals surface area (Å²) in [6.07, 6.45) is 4.42. The van der Waals surface area contributed by atoms with Crippen molar-refractivity contribution < 1.29 is 34.0 Å². The Bertz CT molecular complexity index is 776. The Hall–Kier alpha value is -2.12. The number of benzene rings is 1. The van der Waals surface area contributed by atoms with Crippen LogP contribution in [0.5, 0.6) is 5.75 Å². The lowest BCUT2D eigenvalue weighted by Crippen LogP contribution is -2.30. The minimum atomic E-state index is -0.845. The van der Waals surface area contributed by atoms with Crippen molar-refractivity contribution in [1.82, 2.24) is 0 Å². The number of carbonyl (C=O) groups is 2. The van der Waals surface area contributed by atoms with Crippen molar-refractivity contribution in [2.24, 2.45) is 17.8 Å². The number of carboxylic acid groups (broad SMARTS) is 1. The second-order valence-electron chi connectivity index (χ2n) is 9.35. The number of hydrogen-bond acceptors (Lipinski definition) is 6. The molecule has 1 aromatic rings. The zero-order chi connectivity index (χ0) is 23.1. The number of esters is 1. The van der Waals surface area contributed by atoms with Gasteiger partial charge in [0.2, 0.25) is 0 Å².